The highest BCUT2D eigenvalue weighted by molar-refractivity contribution is 5.43. The van der Waals surface area contributed by atoms with Crippen molar-refractivity contribution in [3.05, 3.63) is 23.8 Å². The Balaban J connectivity index is 2.68. The number of methoxy groups -OCH3 is 1. The number of rotatable bonds is 8. The van der Waals surface area contributed by atoms with Gasteiger partial charge < -0.3 is 19.5 Å². The largest absolute Gasteiger partial charge is 0.493 e. The Bertz CT molecular complexity index is 355. The summed E-state index contributed by atoms with van der Waals surface area (Å²) in [6.45, 7) is 5.90. The lowest BCUT2D eigenvalue weighted by molar-refractivity contribution is 0.109. The molecule has 0 heterocycles. The molecule has 1 rings (SSSR count). The zero-order valence-corrected chi connectivity index (χ0v) is 11.7. The summed E-state index contributed by atoms with van der Waals surface area (Å²) < 4.78 is 16.2. The average Bonchev–Trinajstić information content (AvgIpc) is 2.42. The van der Waals surface area contributed by atoms with E-state index < -0.39 is 0 Å². The lowest BCUT2D eigenvalue weighted by atomic mass is 10.1. The van der Waals surface area contributed by atoms with Gasteiger partial charge in [0.2, 0.25) is 0 Å². The molecule has 1 aromatic carbocycles. The molecule has 4 nitrogen and oxygen atoms in total. The van der Waals surface area contributed by atoms with Crippen molar-refractivity contribution >= 4 is 0 Å². The summed E-state index contributed by atoms with van der Waals surface area (Å²) >= 11 is 0. The zero-order valence-electron chi connectivity index (χ0n) is 11.7. The maximum Gasteiger partial charge on any atom is 0.161 e. The van der Waals surface area contributed by atoms with Gasteiger partial charge in [0.05, 0.1) is 13.7 Å². The molecule has 0 aliphatic heterocycles. The lowest BCUT2D eigenvalue weighted by Gasteiger charge is -2.15. The smallest absolute Gasteiger partial charge is 0.161 e. The van der Waals surface area contributed by atoms with Gasteiger partial charge in [-0.1, -0.05) is 6.07 Å². The maximum atomic E-state index is 5.63. The molecule has 102 valence electrons. The van der Waals surface area contributed by atoms with Crippen molar-refractivity contribution in [2.75, 3.05) is 34.0 Å². The van der Waals surface area contributed by atoms with Gasteiger partial charge in [-0.3, -0.25) is 0 Å². The summed E-state index contributed by atoms with van der Waals surface area (Å²) in [6, 6.07) is 6.27. The van der Waals surface area contributed by atoms with Gasteiger partial charge in [-0.15, -0.1) is 0 Å². The Morgan fingerprint density at radius 3 is 2.61 bits per heavy atom. The van der Waals surface area contributed by atoms with Crippen LogP contribution in [0.1, 0.15) is 25.5 Å². The average molecular weight is 253 g/mol. The van der Waals surface area contributed by atoms with Gasteiger partial charge in [-0.2, -0.15) is 0 Å². The monoisotopic (exact) mass is 253 g/mol. The molecule has 0 aliphatic rings. The number of hydrogen-bond acceptors (Lipinski definition) is 4. The first-order valence-electron chi connectivity index (χ1n) is 6.28. The molecule has 1 aromatic rings. The quantitative estimate of drug-likeness (QED) is 0.722. The minimum absolute atomic E-state index is 0.288. The maximum absolute atomic E-state index is 5.63. The van der Waals surface area contributed by atoms with E-state index in [9.17, 15) is 0 Å². The van der Waals surface area contributed by atoms with Gasteiger partial charge in [-0.05, 0) is 38.6 Å². The van der Waals surface area contributed by atoms with E-state index in [1.54, 1.807) is 7.11 Å². The fourth-order valence-electron chi connectivity index (χ4n) is 1.59. The number of ether oxygens (including phenoxy) is 3. The molecule has 4 heteroatoms. The highest BCUT2D eigenvalue weighted by Crippen LogP contribution is 2.30. The Hall–Kier alpha value is -1.26. The van der Waals surface area contributed by atoms with Crippen LogP contribution in [-0.4, -0.2) is 34.0 Å². The third-order valence-electron chi connectivity index (χ3n) is 2.81. The van der Waals surface area contributed by atoms with Gasteiger partial charge in [-0.25, -0.2) is 0 Å². The number of hydrogen-bond donors (Lipinski definition) is 1. The SMILES string of the molecule is CCOCCOc1ccc(C(C)NC)cc1OC. The molecule has 0 saturated heterocycles. The minimum atomic E-state index is 0.288. The number of nitrogens with one attached hydrogen (secondary N) is 1. The summed E-state index contributed by atoms with van der Waals surface area (Å²) in [5.41, 5.74) is 1.17. The topological polar surface area (TPSA) is 39.7 Å². The van der Waals surface area contributed by atoms with Gasteiger partial charge in [0.25, 0.3) is 0 Å². The van der Waals surface area contributed by atoms with Crippen LogP contribution < -0.4 is 14.8 Å². The predicted molar refractivity (Wildman–Crippen MR) is 72.5 cm³/mol. The van der Waals surface area contributed by atoms with E-state index >= 15 is 0 Å². The van der Waals surface area contributed by atoms with Crippen LogP contribution in [0.5, 0.6) is 11.5 Å². The van der Waals surface area contributed by atoms with Crippen LogP contribution in [0.25, 0.3) is 0 Å². The van der Waals surface area contributed by atoms with Crippen molar-refractivity contribution in [3.8, 4) is 11.5 Å². The molecule has 0 spiro atoms. The van der Waals surface area contributed by atoms with E-state index in [0.29, 0.717) is 19.8 Å². The Labute approximate surface area is 109 Å². The molecular weight excluding hydrogens is 230 g/mol. The van der Waals surface area contributed by atoms with Crippen LogP contribution in [0.4, 0.5) is 0 Å². The summed E-state index contributed by atoms with van der Waals surface area (Å²) in [4.78, 5) is 0. The van der Waals surface area contributed by atoms with E-state index in [1.165, 1.54) is 5.56 Å². The first kappa shape index (κ1) is 14.8. The van der Waals surface area contributed by atoms with E-state index in [-0.39, 0.29) is 6.04 Å². The molecule has 0 bridgehead atoms. The summed E-state index contributed by atoms with van der Waals surface area (Å²) in [6.07, 6.45) is 0. The predicted octanol–water partition coefficient (Wildman–Crippen LogP) is 2.39. The second kappa shape index (κ2) is 7.95. The highest BCUT2D eigenvalue weighted by Gasteiger charge is 2.09. The molecular formula is C14H23NO3. The van der Waals surface area contributed by atoms with Gasteiger partial charge in [0, 0.05) is 12.6 Å². The Morgan fingerprint density at radius 2 is 2.00 bits per heavy atom. The Morgan fingerprint density at radius 1 is 1.22 bits per heavy atom. The highest BCUT2D eigenvalue weighted by atomic mass is 16.5. The van der Waals surface area contributed by atoms with Crippen molar-refractivity contribution in [1.29, 1.82) is 0 Å². The van der Waals surface area contributed by atoms with E-state index in [0.717, 1.165) is 11.5 Å². The molecule has 0 radical (unpaired) electrons. The van der Waals surface area contributed by atoms with Crippen LogP contribution in [-0.2, 0) is 4.74 Å². The number of benzene rings is 1. The van der Waals surface area contributed by atoms with Crippen LogP contribution in [0.2, 0.25) is 0 Å². The van der Waals surface area contributed by atoms with E-state index in [1.807, 2.05) is 32.2 Å². The van der Waals surface area contributed by atoms with Crippen molar-refractivity contribution < 1.29 is 14.2 Å². The van der Waals surface area contributed by atoms with Crippen LogP contribution in [0.15, 0.2) is 18.2 Å². The molecule has 0 amide bonds. The summed E-state index contributed by atoms with van der Waals surface area (Å²) in [5, 5.41) is 3.20. The third-order valence-corrected chi connectivity index (χ3v) is 2.81. The zero-order chi connectivity index (χ0) is 13.4. The van der Waals surface area contributed by atoms with Gasteiger partial charge in [0.1, 0.15) is 6.61 Å². The third kappa shape index (κ3) is 4.20. The first-order chi connectivity index (χ1) is 8.72. The molecule has 1 atom stereocenters. The van der Waals surface area contributed by atoms with Crippen molar-refractivity contribution in [2.45, 2.75) is 19.9 Å². The fourth-order valence-corrected chi connectivity index (χ4v) is 1.59. The minimum Gasteiger partial charge on any atom is -0.493 e. The van der Waals surface area contributed by atoms with Crippen LogP contribution in [0.3, 0.4) is 0 Å². The molecule has 0 saturated carbocycles. The van der Waals surface area contributed by atoms with Gasteiger partial charge >= 0.3 is 0 Å². The van der Waals surface area contributed by atoms with Crippen molar-refractivity contribution in [2.24, 2.45) is 0 Å². The van der Waals surface area contributed by atoms with Crippen LogP contribution in [0, 0.1) is 0 Å². The molecule has 1 N–H and O–H groups in total. The molecule has 0 fully saturated rings. The second-order valence-corrected chi connectivity index (χ2v) is 3.97. The Kier molecular flexibility index (Phi) is 6.54. The second-order valence-electron chi connectivity index (χ2n) is 3.97. The summed E-state index contributed by atoms with van der Waals surface area (Å²) in [5.74, 6) is 1.51. The molecule has 0 aliphatic carbocycles. The van der Waals surface area contributed by atoms with E-state index in [4.69, 9.17) is 14.2 Å². The molecule has 18 heavy (non-hydrogen) atoms. The molecule has 0 aromatic heterocycles. The van der Waals surface area contributed by atoms with Crippen LogP contribution >= 0.6 is 0 Å². The fraction of sp³-hybridized carbons (Fsp3) is 0.571. The van der Waals surface area contributed by atoms with Crippen molar-refractivity contribution in [1.82, 2.24) is 5.32 Å². The van der Waals surface area contributed by atoms with Crippen molar-refractivity contribution in [3.63, 3.8) is 0 Å². The van der Waals surface area contributed by atoms with E-state index in [2.05, 4.69) is 12.2 Å². The molecule has 1 unspecified atom stereocenters. The standard InChI is InChI=1S/C14H23NO3/c1-5-17-8-9-18-13-7-6-12(11(2)15-3)10-14(13)16-4/h6-7,10-11,15H,5,8-9H2,1-4H3. The first-order valence-corrected chi connectivity index (χ1v) is 6.28. The normalized spacial score (nSPS) is 12.2. The summed E-state index contributed by atoms with van der Waals surface area (Å²) in [7, 11) is 3.59. The lowest BCUT2D eigenvalue weighted by Crippen LogP contribution is -2.12. The van der Waals surface area contributed by atoms with Gasteiger partial charge in [0.15, 0.2) is 11.5 Å².